The van der Waals surface area contributed by atoms with E-state index in [1.807, 2.05) is 37.4 Å². The predicted octanol–water partition coefficient (Wildman–Crippen LogP) is 1.43. The molecule has 1 aliphatic heterocycles. The highest BCUT2D eigenvalue weighted by molar-refractivity contribution is 6.37. The van der Waals surface area contributed by atoms with Crippen LogP contribution in [-0.4, -0.2) is 36.8 Å². The standard InChI is InChI=1S/C14H19N3O/c1-17(11-12-7-3-2-4-8-12)14(18)13-15-9-5-6-10-16-13/h2-4,7-8H,5-6,9-11H2,1H3,(H,15,16). The lowest BCUT2D eigenvalue weighted by molar-refractivity contribution is -0.123. The molecule has 0 spiro atoms. The van der Waals surface area contributed by atoms with Gasteiger partial charge in [0.05, 0.1) is 0 Å². The van der Waals surface area contributed by atoms with Crippen molar-refractivity contribution >= 4 is 11.7 Å². The molecule has 1 aromatic carbocycles. The van der Waals surface area contributed by atoms with Crippen molar-refractivity contribution in [2.24, 2.45) is 4.99 Å². The third kappa shape index (κ3) is 3.32. The number of hydrogen-bond donors (Lipinski definition) is 1. The number of amidine groups is 1. The van der Waals surface area contributed by atoms with Crippen molar-refractivity contribution in [2.75, 3.05) is 20.1 Å². The molecule has 2 rings (SSSR count). The molecule has 0 fully saturated rings. The zero-order valence-electron chi connectivity index (χ0n) is 10.7. The molecule has 4 heteroatoms. The summed E-state index contributed by atoms with van der Waals surface area (Å²) < 4.78 is 0. The topological polar surface area (TPSA) is 44.7 Å². The van der Waals surface area contributed by atoms with Crippen LogP contribution in [0.5, 0.6) is 0 Å². The molecule has 0 aromatic heterocycles. The number of hydrogen-bond acceptors (Lipinski definition) is 3. The van der Waals surface area contributed by atoms with Crippen LogP contribution in [0.4, 0.5) is 0 Å². The molecule has 0 unspecified atom stereocenters. The van der Waals surface area contributed by atoms with E-state index >= 15 is 0 Å². The molecule has 0 bridgehead atoms. The summed E-state index contributed by atoms with van der Waals surface area (Å²) >= 11 is 0. The lowest BCUT2D eigenvalue weighted by atomic mass is 10.2. The first-order valence-corrected chi connectivity index (χ1v) is 6.35. The van der Waals surface area contributed by atoms with Gasteiger partial charge in [0.25, 0.3) is 5.91 Å². The first kappa shape index (κ1) is 12.6. The van der Waals surface area contributed by atoms with E-state index < -0.39 is 0 Å². The largest absolute Gasteiger partial charge is 0.366 e. The van der Waals surface area contributed by atoms with Gasteiger partial charge >= 0.3 is 0 Å². The SMILES string of the molecule is CN(Cc1ccccc1)C(=O)C1=NCCCCN1. The minimum Gasteiger partial charge on any atom is -0.366 e. The number of amides is 1. The van der Waals surface area contributed by atoms with Crippen molar-refractivity contribution in [3.8, 4) is 0 Å². The summed E-state index contributed by atoms with van der Waals surface area (Å²) in [6.45, 7) is 2.19. The minimum atomic E-state index is -0.0271. The fourth-order valence-corrected chi connectivity index (χ4v) is 1.94. The highest BCUT2D eigenvalue weighted by atomic mass is 16.2. The summed E-state index contributed by atoms with van der Waals surface area (Å²) in [5.41, 5.74) is 1.13. The molecule has 0 saturated heterocycles. The van der Waals surface area contributed by atoms with Gasteiger partial charge in [-0.05, 0) is 18.4 Å². The van der Waals surface area contributed by atoms with E-state index in [0.29, 0.717) is 12.4 Å². The molecule has 1 heterocycles. The molecular formula is C14H19N3O. The number of benzene rings is 1. The van der Waals surface area contributed by atoms with Gasteiger partial charge in [-0.3, -0.25) is 9.79 Å². The van der Waals surface area contributed by atoms with Gasteiger partial charge in [0.15, 0.2) is 5.84 Å². The monoisotopic (exact) mass is 245 g/mol. The average molecular weight is 245 g/mol. The summed E-state index contributed by atoms with van der Waals surface area (Å²) in [7, 11) is 1.81. The molecular weight excluding hydrogens is 226 g/mol. The van der Waals surface area contributed by atoms with Crippen LogP contribution in [-0.2, 0) is 11.3 Å². The van der Waals surface area contributed by atoms with Crippen molar-refractivity contribution in [3.05, 3.63) is 35.9 Å². The van der Waals surface area contributed by atoms with Gasteiger partial charge in [0.1, 0.15) is 0 Å². The van der Waals surface area contributed by atoms with E-state index in [1.54, 1.807) is 4.90 Å². The molecule has 1 amide bonds. The Morgan fingerprint density at radius 3 is 2.89 bits per heavy atom. The van der Waals surface area contributed by atoms with Gasteiger partial charge in [0, 0.05) is 26.7 Å². The molecule has 1 aliphatic rings. The molecule has 1 aromatic rings. The zero-order chi connectivity index (χ0) is 12.8. The molecule has 0 aliphatic carbocycles. The van der Waals surface area contributed by atoms with Gasteiger partial charge < -0.3 is 10.2 Å². The van der Waals surface area contributed by atoms with Gasteiger partial charge in [-0.15, -0.1) is 0 Å². The van der Waals surface area contributed by atoms with Gasteiger partial charge in [-0.25, -0.2) is 0 Å². The number of aliphatic imine (C=N–C) groups is 1. The second-order valence-electron chi connectivity index (χ2n) is 4.51. The lowest BCUT2D eigenvalue weighted by Gasteiger charge is -2.18. The maximum atomic E-state index is 12.2. The fraction of sp³-hybridized carbons (Fsp3) is 0.429. The van der Waals surface area contributed by atoms with Crippen LogP contribution >= 0.6 is 0 Å². The van der Waals surface area contributed by atoms with Crippen LogP contribution in [0.2, 0.25) is 0 Å². The molecule has 4 nitrogen and oxygen atoms in total. The summed E-state index contributed by atoms with van der Waals surface area (Å²) in [5, 5.41) is 3.11. The van der Waals surface area contributed by atoms with Crippen LogP contribution in [0, 0.1) is 0 Å². The molecule has 0 saturated carbocycles. The van der Waals surface area contributed by atoms with Crippen LogP contribution in [0.15, 0.2) is 35.3 Å². The molecule has 96 valence electrons. The maximum Gasteiger partial charge on any atom is 0.288 e. The van der Waals surface area contributed by atoms with E-state index in [2.05, 4.69) is 10.3 Å². The Kier molecular flexibility index (Phi) is 4.34. The van der Waals surface area contributed by atoms with E-state index in [9.17, 15) is 4.79 Å². The number of nitrogens with one attached hydrogen (secondary N) is 1. The summed E-state index contributed by atoms with van der Waals surface area (Å²) in [4.78, 5) is 18.2. The van der Waals surface area contributed by atoms with Gasteiger partial charge in [-0.2, -0.15) is 0 Å². The second-order valence-corrected chi connectivity index (χ2v) is 4.51. The Balaban J connectivity index is 1.98. The first-order chi connectivity index (χ1) is 8.77. The van der Waals surface area contributed by atoms with Crippen molar-refractivity contribution in [1.29, 1.82) is 0 Å². The third-order valence-electron chi connectivity index (χ3n) is 2.96. The molecule has 1 N–H and O–H groups in total. The number of nitrogens with zero attached hydrogens (tertiary/aromatic N) is 2. The first-order valence-electron chi connectivity index (χ1n) is 6.35. The third-order valence-corrected chi connectivity index (χ3v) is 2.96. The highest BCUT2D eigenvalue weighted by Crippen LogP contribution is 2.04. The zero-order valence-corrected chi connectivity index (χ0v) is 10.7. The van der Waals surface area contributed by atoms with Gasteiger partial charge in [0.2, 0.25) is 0 Å². The van der Waals surface area contributed by atoms with Crippen molar-refractivity contribution < 1.29 is 4.79 Å². The quantitative estimate of drug-likeness (QED) is 0.875. The Labute approximate surface area is 108 Å². The highest BCUT2D eigenvalue weighted by Gasteiger charge is 2.17. The maximum absolute atomic E-state index is 12.2. The van der Waals surface area contributed by atoms with Gasteiger partial charge in [-0.1, -0.05) is 30.3 Å². The lowest BCUT2D eigenvalue weighted by Crippen LogP contribution is -2.40. The van der Waals surface area contributed by atoms with E-state index in [4.69, 9.17) is 0 Å². The van der Waals surface area contributed by atoms with E-state index in [0.717, 1.165) is 31.5 Å². The molecule has 0 atom stereocenters. The minimum absolute atomic E-state index is 0.0271. The number of carbonyl (C=O) groups excluding carboxylic acids is 1. The average Bonchev–Trinajstić information content (AvgIpc) is 2.68. The molecule has 0 radical (unpaired) electrons. The Bertz CT molecular complexity index is 428. The Morgan fingerprint density at radius 2 is 2.11 bits per heavy atom. The predicted molar refractivity (Wildman–Crippen MR) is 72.5 cm³/mol. The van der Waals surface area contributed by atoms with Crippen LogP contribution < -0.4 is 5.32 Å². The van der Waals surface area contributed by atoms with E-state index in [-0.39, 0.29) is 5.91 Å². The van der Waals surface area contributed by atoms with Crippen molar-refractivity contribution in [1.82, 2.24) is 10.2 Å². The molecule has 18 heavy (non-hydrogen) atoms. The van der Waals surface area contributed by atoms with Crippen LogP contribution in [0.1, 0.15) is 18.4 Å². The Hall–Kier alpha value is -1.84. The smallest absolute Gasteiger partial charge is 0.288 e. The second kappa shape index (κ2) is 6.19. The summed E-state index contributed by atoms with van der Waals surface area (Å²) in [6.07, 6.45) is 2.12. The number of carbonyl (C=O) groups is 1. The summed E-state index contributed by atoms with van der Waals surface area (Å²) in [6, 6.07) is 9.98. The summed E-state index contributed by atoms with van der Waals surface area (Å²) in [5.74, 6) is 0.478. The van der Waals surface area contributed by atoms with Crippen LogP contribution in [0.25, 0.3) is 0 Å². The van der Waals surface area contributed by atoms with Crippen molar-refractivity contribution in [3.63, 3.8) is 0 Å². The van der Waals surface area contributed by atoms with E-state index in [1.165, 1.54) is 0 Å². The Morgan fingerprint density at radius 1 is 1.33 bits per heavy atom. The fourth-order valence-electron chi connectivity index (χ4n) is 1.94. The number of likely N-dealkylation sites (N-methyl/N-ethyl adjacent to an activating group) is 1. The normalized spacial score (nSPS) is 15.3. The number of rotatable bonds is 3. The van der Waals surface area contributed by atoms with Crippen LogP contribution in [0.3, 0.4) is 0 Å². The van der Waals surface area contributed by atoms with Crippen molar-refractivity contribution in [2.45, 2.75) is 19.4 Å².